The van der Waals surface area contributed by atoms with Gasteiger partial charge in [0.2, 0.25) is 11.8 Å². The number of amides is 2. The van der Waals surface area contributed by atoms with Gasteiger partial charge in [-0.2, -0.15) is 0 Å². The van der Waals surface area contributed by atoms with Crippen LogP contribution in [-0.4, -0.2) is 67.7 Å². The zero-order chi connectivity index (χ0) is 14.3. The number of ketones is 1. The second kappa shape index (κ2) is 7.81. The van der Waals surface area contributed by atoms with Crippen molar-refractivity contribution >= 4 is 17.6 Å². The van der Waals surface area contributed by atoms with Gasteiger partial charge in [-0.15, -0.1) is 0 Å². The lowest BCUT2D eigenvalue weighted by atomic mass is 10.1. The second-order valence-corrected chi connectivity index (χ2v) is 4.42. The molecular formula is C12H23N3O3. The second-order valence-electron chi connectivity index (χ2n) is 4.42. The predicted octanol–water partition coefficient (Wildman–Crippen LogP) is -0.510. The van der Waals surface area contributed by atoms with Crippen LogP contribution in [0.15, 0.2) is 0 Å². The summed E-state index contributed by atoms with van der Waals surface area (Å²) in [4.78, 5) is 37.6. The molecule has 1 N–H and O–H groups in total. The molecule has 0 aromatic carbocycles. The number of hydrogen-bond donors (Lipinski definition) is 1. The van der Waals surface area contributed by atoms with E-state index in [2.05, 4.69) is 5.32 Å². The zero-order valence-corrected chi connectivity index (χ0v) is 11.8. The number of nitrogens with one attached hydrogen (secondary N) is 1. The molecule has 6 nitrogen and oxygen atoms in total. The lowest BCUT2D eigenvalue weighted by Crippen LogP contribution is -2.49. The number of rotatable bonds is 7. The third-order valence-electron chi connectivity index (χ3n) is 2.80. The number of carbonyl (C=O) groups is 3. The number of likely N-dealkylation sites (N-methyl/N-ethyl adjacent to an activating group) is 3. The first kappa shape index (κ1) is 16.6. The first-order chi connectivity index (χ1) is 8.31. The summed E-state index contributed by atoms with van der Waals surface area (Å²) in [5.41, 5.74) is 0. The van der Waals surface area contributed by atoms with E-state index in [0.717, 1.165) is 0 Å². The van der Waals surface area contributed by atoms with E-state index in [1.807, 2.05) is 0 Å². The van der Waals surface area contributed by atoms with E-state index in [-0.39, 0.29) is 24.0 Å². The largest absolute Gasteiger partial charge is 0.343 e. The number of carbonyl (C=O) groups excluding carboxylic acids is 3. The molecule has 0 bridgehead atoms. The van der Waals surface area contributed by atoms with Gasteiger partial charge in [-0.25, -0.2) is 0 Å². The minimum atomic E-state index is -0.707. The standard InChI is InChI=1S/C12H23N3O3/c1-9(16)8-11(15(5)10(2)17)12(18)14(4)7-6-13-3/h11,13H,6-8H2,1-5H3. The van der Waals surface area contributed by atoms with Crippen molar-refractivity contribution in [1.29, 1.82) is 0 Å². The molecule has 6 heteroatoms. The molecular weight excluding hydrogens is 234 g/mol. The molecule has 0 spiro atoms. The average molecular weight is 257 g/mol. The van der Waals surface area contributed by atoms with Gasteiger partial charge in [0.05, 0.1) is 0 Å². The normalized spacial score (nSPS) is 11.8. The fraction of sp³-hybridized carbons (Fsp3) is 0.750. The molecule has 0 aromatic rings. The Morgan fingerprint density at radius 3 is 2.11 bits per heavy atom. The van der Waals surface area contributed by atoms with E-state index in [0.29, 0.717) is 13.1 Å². The van der Waals surface area contributed by atoms with Gasteiger partial charge < -0.3 is 15.1 Å². The van der Waals surface area contributed by atoms with Gasteiger partial charge in [-0.3, -0.25) is 14.4 Å². The molecule has 0 saturated heterocycles. The summed E-state index contributed by atoms with van der Waals surface area (Å²) < 4.78 is 0. The van der Waals surface area contributed by atoms with Crippen molar-refractivity contribution in [3.05, 3.63) is 0 Å². The Bertz CT molecular complexity index is 318. The van der Waals surface area contributed by atoms with Crippen molar-refractivity contribution in [2.45, 2.75) is 26.3 Å². The average Bonchev–Trinajstić information content (AvgIpc) is 2.30. The van der Waals surface area contributed by atoms with E-state index in [9.17, 15) is 14.4 Å². The third kappa shape index (κ3) is 5.27. The Labute approximate surface area is 108 Å². The summed E-state index contributed by atoms with van der Waals surface area (Å²) in [6.07, 6.45) is 0.0544. The van der Waals surface area contributed by atoms with Crippen LogP contribution in [0.5, 0.6) is 0 Å². The van der Waals surface area contributed by atoms with Gasteiger partial charge in [-0.1, -0.05) is 0 Å². The molecule has 0 saturated carbocycles. The molecule has 0 radical (unpaired) electrons. The number of hydrogen-bond acceptors (Lipinski definition) is 4. The third-order valence-corrected chi connectivity index (χ3v) is 2.80. The quantitative estimate of drug-likeness (QED) is 0.667. The van der Waals surface area contributed by atoms with Crippen LogP contribution in [0.3, 0.4) is 0 Å². The summed E-state index contributed by atoms with van der Waals surface area (Å²) in [5.74, 6) is -0.543. The smallest absolute Gasteiger partial charge is 0.245 e. The lowest BCUT2D eigenvalue weighted by Gasteiger charge is -2.29. The van der Waals surface area contributed by atoms with Crippen molar-refractivity contribution in [1.82, 2.24) is 15.1 Å². The lowest BCUT2D eigenvalue weighted by molar-refractivity contribution is -0.144. The van der Waals surface area contributed by atoms with E-state index in [4.69, 9.17) is 0 Å². The Morgan fingerprint density at radius 2 is 1.72 bits per heavy atom. The van der Waals surface area contributed by atoms with Gasteiger partial charge in [0, 0.05) is 40.5 Å². The summed E-state index contributed by atoms with van der Waals surface area (Å²) in [6.45, 7) is 4.00. The van der Waals surface area contributed by atoms with Crippen LogP contribution in [-0.2, 0) is 14.4 Å². The van der Waals surface area contributed by atoms with Gasteiger partial charge in [0.1, 0.15) is 11.8 Å². The Kier molecular flexibility index (Phi) is 7.19. The fourth-order valence-corrected chi connectivity index (χ4v) is 1.53. The minimum Gasteiger partial charge on any atom is -0.343 e. The maximum atomic E-state index is 12.2. The maximum Gasteiger partial charge on any atom is 0.245 e. The molecule has 1 atom stereocenters. The first-order valence-corrected chi connectivity index (χ1v) is 5.93. The Hall–Kier alpha value is -1.43. The molecule has 2 amide bonds. The monoisotopic (exact) mass is 257 g/mol. The van der Waals surface area contributed by atoms with Crippen molar-refractivity contribution in [2.24, 2.45) is 0 Å². The molecule has 0 aromatic heterocycles. The highest BCUT2D eigenvalue weighted by Crippen LogP contribution is 2.07. The van der Waals surface area contributed by atoms with Crippen molar-refractivity contribution in [3.8, 4) is 0 Å². The first-order valence-electron chi connectivity index (χ1n) is 5.93. The SMILES string of the molecule is CNCCN(C)C(=O)C(CC(C)=O)N(C)C(C)=O. The predicted molar refractivity (Wildman–Crippen MR) is 69.1 cm³/mol. The van der Waals surface area contributed by atoms with Gasteiger partial charge in [0.25, 0.3) is 0 Å². The van der Waals surface area contributed by atoms with Gasteiger partial charge in [-0.05, 0) is 14.0 Å². The van der Waals surface area contributed by atoms with E-state index in [1.54, 1.807) is 21.1 Å². The Morgan fingerprint density at radius 1 is 1.17 bits per heavy atom. The van der Waals surface area contributed by atoms with Crippen LogP contribution in [0, 0.1) is 0 Å². The van der Waals surface area contributed by atoms with Crippen LogP contribution in [0.2, 0.25) is 0 Å². The molecule has 0 aliphatic rings. The van der Waals surface area contributed by atoms with Gasteiger partial charge >= 0.3 is 0 Å². The molecule has 0 rings (SSSR count). The highest BCUT2D eigenvalue weighted by molar-refractivity contribution is 5.91. The van der Waals surface area contributed by atoms with Crippen LogP contribution in [0.1, 0.15) is 20.3 Å². The van der Waals surface area contributed by atoms with E-state index in [1.165, 1.54) is 23.6 Å². The Balaban J connectivity index is 4.78. The molecule has 1 unspecified atom stereocenters. The van der Waals surface area contributed by atoms with Gasteiger partial charge in [0.15, 0.2) is 0 Å². The van der Waals surface area contributed by atoms with Crippen molar-refractivity contribution in [3.63, 3.8) is 0 Å². The number of Topliss-reactive ketones (excluding diaryl/α,β-unsaturated/α-hetero) is 1. The topological polar surface area (TPSA) is 69.7 Å². The van der Waals surface area contributed by atoms with E-state index >= 15 is 0 Å². The molecule has 104 valence electrons. The molecule has 0 aliphatic heterocycles. The zero-order valence-electron chi connectivity index (χ0n) is 11.8. The summed E-state index contributed by atoms with van der Waals surface area (Å²) >= 11 is 0. The van der Waals surface area contributed by atoms with Crippen molar-refractivity contribution in [2.75, 3.05) is 34.2 Å². The van der Waals surface area contributed by atoms with Crippen LogP contribution in [0.4, 0.5) is 0 Å². The summed E-state index contributed by atoms with van der Waals surface area (Å²) in [7, 11) is 5.01. The highest BCUT2D eigenvalue weighted by atomic mass is 16.2. The van der Waals surface area contributed by atoms with E-state index < -0.39 is 6.04 Å². The van der Waals surface area contributed by atoms with Crippen LogP contribution in [0.25, 0.3) is 0 Å². The molecule has 0 heterocycles. The van der Waals surface area contributed by atoms with Crippen molar-refractivity contribution < 1.29 is 14.4 Å². The highest BCUT2D eigenvalue weighted by Gasteiger charge is 2.28. The van der Waals surface area contributed by atoms with Crippen LogP contribution < -0.4 is 5.32 Å². The summed E-state index contributed by atoms with van der Waals surface area (Å²) in [5, 5.41) is 2.94. The van der Waals surface area contributed by atoms with Crippen LogP contribution >= 0.6 is 0 Å². The minimum absolute atomic E-state index is 0.0544. The molecule has 0 fully saturated rings. The fourth-order valence-electron chi connectivity index (χ4n) is 1.53. The summed E-state index contributed by atoms with van der Waals surface area (Å²) in [6, 6.07) is -0.707. The number of nitrogens with zero attached hydrogens (tertiary/aromatic N) is 2. The molecule has 0 aliphatic carbocycles. The maximum absolute atomic E-state index is 12.2. The molecule has 18 heavy (non-hydrogen) atoms.